The third-order valence-electron chi connectivity index (χ3n) is 2.82. The Hall–Kier alpha value is -1.33. The minimum atomic E-state index is -0.737. The van der Waals surface area contributed by atoms with Crippen molar-refractivity contribution in [3.05, 3.63) is 29.4 Å². The van der Waals surface area contributed by atoms with Crippen molar-refractivity contribution in [3.63, 3.8) is 0 Å². The lowest BCUT2D eigenvalue weighted by Gasteiger charge is -2.23. The number of hydrogen-bond donors (Lipinski definition) is 1. The van der Waals surface area contributed by atoms with Crippen LogP contribution in [0.2, 0.25) is 0 Å². The van der Waals surface area contributed by atoms with Gasteiger partial charge in [0.1, 0.15) is 5.54 Å². The lowest BCUT2D eigenvalue weighted by molar-refractivity contribution is -0.532. The average Bonchev–Trinajstić information content (AvgIpc) is 2.72. The Morgan fingerprint density at radius 2 is 2.27 bits per heavy atom. The van der Waals surface area contributed by atoms with E-state index in [0.29, 0.717) is 11.5 Å². The molecule has 1 aromatic heterocycles. The second kappa shape index (κ2) is 3.08. The summed E-state index contributed by atoms with van der Waals surface area (Å²) < 4.78 is 5.98. The van der Waals surface area contributed by atoms with E-state index in [-0.39, 0.29) is 0 Å². The summed E-state index contributed by atoms with van der Waals surface area (Å²) in [6.45, 7) is 5.20. The van der Waals surface area contributed by atoms with Crippen molar-refractivity contribution in [2.24, 2.45) is 0 Å². The van der Waals surface area contributed by atoms with Gasteiger partial charge in [0.25, 0.3) is 5.71 Å². The lowest BCUT2D eigenvalue weighted by Crippen LogP contribution is -2.45. The highest BCUT2D eigenvalue weighted by Crippen LogP contribution is 2.28. The first-order chi connectivity index (χ1) is 6.96. The van der Waals surface area contributed by atoms with Crippen LogP contribution in [0.5, 0.6) is 0 Å². The van der Waals surface area contributed by atoms with Crippen LogP contribution in [0.15, 0.2) is 22.8 Å². The van der Waals surface area contributed by atoms with Gasteiger partial charge in [0.05, 0.1) is 6.26 Å². The quantitative estimate of drug-likeness (QED) is 0.562. The molecule has 0 spiro atoms. The predicted molar refractivity (Wildman–Crippen MR) is 53.6 cm³/mol. The molecular formula is C10H14N2O3. The summed E-state index contributed by atoms with van der Waals surface area (Å²) in [7, 11) is 0. The van der Waals surface area contributed by atoms with Crippen molar-refractivity contribution in [1.29, 1.82) is 0 Å². The largest absolute Gasteiger partial charge is 0.622 e. The highest BCUT2D eigenvalue weighted by atomic mass is 16.5. The fourth-order valence-electron chi connectivity index (χ4n) is 1.95. The Morgan fingerprint density at radius 3 is 2.67 bits per heavy atom. The maximum absolute atomic E-state index is 11.8. The second-order valence-electron chi connectivity index (χ2n) is 4.19. The molecular weight excluding hydrogens is 196 g/mol. The molecule has 0 saturated heterocycles. The summed E-state index contributed by atoms with van der Waals surface area (Å²) >= 11 is 0. The first kappa shape index (κ1) is 10.2. The van der Waals surface area contributed by atoms with Gasteiger partial charge in [-0.3, -0.25) is 0 Å². The molecule has 1 atom stereocenters. The molecule has 0 aromatic carbocycles. The number of hydrogen-bond acceptors (Lipinski definition) is 4. The lowest BCUT2D eigenvalue weighted by atomic mass is 9.97. The van der Waals surface area contributed by atoms with E-state index < -0.39 is 11.7 Å². The summed E-state index contributed by atoms with van der Waals surface area (Å²) in [5.74, 6) is 0.499. The SMILES string of the molecule is C[C@@H]1N(O)C(C)(C)C(c2ccco2)=[N+]1[O-]. The van der Waals surface area contributed by atoms with Gasteiger partial charge in [0.2, 0.25) is 6.17 Å². The Morgan fingerprint density at radius 1 is 1.60 bits per heavy atom. The summed E-state index contributed by atoms with van der Waals surface area (Å²) in [5.41, 5.74) is -0.290. The smallest absolute Gasteiger partial charge is 0.254 e. The van der Waals surface area contributed by atoms with Crippen LogP contribution in [-0.2, 0) is 0 Å². The van der Waals surface area contributed by atoms with Gasteiger partial charge < -0.3 is 14.8 Å². The minimum absolute atomic E-state index is 0.447. The molecule has 0 radical (unpaired) electrons. The van der Waals surface area contributed by atoms with Crippen LogP contribution in [0.3, 0.4) is 0 Å². The van der Waals surface area contributed by atoms with Crippen LogP contribution in [-0.4, -0.2) is 32.4 Å². The van der Waals surface area contributed by atoms with Crippen LogP contribution in [0.4, 0.5) is 0 Å². The Kier molecular flexibility index (Phi) is 2.09. The molecule has 0 amide bonds. The zero-order chi connectivity index (χ0) is 11.2. The number of rotatable bonds is 1. The third-order valence-corrected chi connectivity index (χ3v) is 2.82. The van der Waals surface area contributed by atoms with Gasteiger partial charge in [-0.05, 0) is 26.0 Å². The molecule has 0 unspecified atom stereocenters. The number of hydroxylamine groups is 3. The number of nitrogens with zero attached hydrogens (tertiary/aromatic N) is 2. The van der Waals surface area contributed by atoms with Crippen molar-refractivity contribution in [1.82, 2.24) is 5.06 Å². The van der Waals surface area contributed by atoms with Gasteiger partial charge in [-0.25, -0.2) is 0 Å². The standard InChI is InChI=1S/C10H14N2O3/c1-7-11(13)9(8-5-4-6-15-8)10(2,3)12(7)14/h4-7,14H,1-3H3/t7-/m0/s1. The Balaban J connectivity index is 2.54. The van der Waals surface area contributed by atoms with Crippen molar-refractivity contribution < 1.29 is 14.4 Å². The van der Waals surface area contributed by atoms with Crippen LogP contribution < -0.4 is 0 Å². The topological polar surface area (TPSA) is 62.7 Å². The molecule has 15 heavy (non-hydrogen) atoms. The third kappa shape index (κ3) is 1.27. The van der Waals surface area contributed by atoms with Gasteiger partial charge in [0.15, 0.2) is 5.76 Å². The first-order valence-electron chi connectivity index (χ1n) is 4.82. The van der Waals surface area contributed by atoms with Gasteiger partial charge in [-0.1, -0.05) is 0 Å². The molecule has 0 fully saturated rings. The van der Waals surface area contributed by atoms with E-state index in [1.54, 1.807) is 32.9 Å². The van der Waals surface area contributed by atoms with E-state index in [4.69, 9.17) is 4.42 Å². The normalized spacial score (nSPS) is 26.3. The average molecular weight is 210 g/mol. The molecule has 2 heterocycles. The van der Waals surface area contributed by atoms with E-state index >= 15 is 0 Å². The number of furan rings is 1. The highest BCUT2D eigenvalue weighted by Gasteiger charge is 2.51. The molecule has 1 aromatic rings. The molecule has 5 nitrogen and oxygen atoms in total. The molecule has 2 rings (SSSR count). The van der Waals surface area contributed by atoms with E-state index in [2.05, 4.69) is 0 Å². The van der Waals surface area contributed by atoms with E-state index in [1.165, 1.54) is 6.26 Å². The summed E-state index contributed by atoms with van der Waals surface area (Å²) in [5, 5.41) is 22.7. The van der Waals surface area contributed by atoms with Crippen molar-refractivity contribution in [3.8, 4) is 0 Å². The van der Waals surface area contributed by atoms with E-state index in [1.807, 2.05) is 0 Å². The maximum atomic E-state index is 11.8. The molecule has 0 bridgehead atoms. The van der Waals surface area contributed by atoms with Crippen molar-refractivity contribution in [2.75, 3.05) is 0 Å². The van der Waals surface area contributed by atoms with Crippen molar-refractivity contribution in [2.45, 2.75) is 32.5 Å². The van der Waals surface area contributed by atoms with Crippen LogP contribution in [0, 0.1) is 5.21 Å². The van der Waals surface area contributed by atoms with E-state index in [9.17, 15) is 10.4 Å². The molecule has 1 aliphatic rings. The zero-order valence-electron chi connectivity index (χ0n) is 8.97. The zero-order valence-corrected chi connectivity index (χ0v) is 8.97. The predicted octanol–water partition coefficient (Wildman–Crippen LogP) is 1.41. The molecule has 1 aliphatic heterocycles. The van der Waals surface area contributed by atoms with Gasteiger partial charge >= 0.3 is 0 Å². The molecule has 5 heteroatoms. The van der Waals surface area contributed by atoms with Crippen LogP contribution >= 0.6 is 0 Å². The molecule has 82 valence electrons. The van der Waals surface area contributed by atoms with Crippen molar-refractivity contribution >= 4 is 5.71 Å². The second-order valence-corrected chi connectivity index (χ2v) is 4.19. The van der Waals surface area contributed by atoms with Gasteiger partial charge in [0, 0.05) is 6.92 Å². The maximum Gasteiger partial charge on any atom is 0.254 e. The van der Waals surface area contributed by atoms with Crippen LogP contribution in [0.1, 0.15) is 26.5 Å². The molecule has 1 N–H and O–H groups in total. The minimum Gasteiger partial charge on any atom is -0.622 e. The fraction of sp³-hybridized carbons (Fsp3) is 0.500. The van der Waals surface area contributed by atoms with Crippen LogP contribution in [0.25, 0.3) is 0 Å². The summed E-state index contributed by atoms with van der Waals surface area (Å²) in [6, 6.07) is 3.44. The summed E-state index contributed by atoms with van der Waals surface area (Å²) in [6.07, 6.45) is 0.914. The monoisotopic (exact) mass is 210 g/mol. The van der Waals surface area contributed by atoms with Gasteiger partial charge in [-0.2, -0.15) is 4.74 Å². The Bertz CT molecular complexity index is 395. The Labute approximate surface area is 87.8 Å². The van der Waals surface area contributed by atoms with Gasteiger partial charge in [-0.15, -0.1) is 5.06 Å². The molecule has 0 aliphatic carbocycles. The molecule has 0 saturated carbocycles. The van der Waals surface area contributed by atoms with E-state index in [0.717, 1.165) is 9.80 Å². The first-order valence-corrected chi connectivity index (χ1v) is 4.82. The highest BCUT2D eigenvalue weighted by molar-refractivity contribution is 6.01. The summed E-state index contributed by atoms with van der Waals surface area (Å²) in [4.78, 5) is 0. The fourth-order valence-corrected chi connectivity index (χ4v) is 1.95.